The number of nitrogens with zero attached hydrogens (tertiary/aromatic N) is 1. The fraction of sp³-hybridized carbons (Fsp3) is 0.172. The summed E-state index contributed by atoms with van der Waals surface area (Å²) in [5.41, 5.74) is 21.1. The average molecular weight is 758 g/mol. The number of aryl methyl sites for hydroxylation is 1. The summed E-state index contributed by atoms with van der Waals surface area (Å²) in [5, 5.41) is 7.91. The fourth-order valence-electron chi connectivity index (χ4n) is 11.6. The predicted molar refractivity (Wildman–Crippen MR) is 251 cm³/mol. The molecule has 284 valence electrons. The van der Waals surface area contributed by atoms with Crippen LogP contribution in [0.3, 0.4) is 0 Å². The van der Waals surface area contributed by atoms with Crippen LogP contribution in [0.5, 0.6) is 0 Å². The molecule has 0 spiro atoms. The van der Waals surface area contributed by atoms with Gasteiger partial charge in [-0.25, -0.2) is 0 Å². The summed E-state index contributed by atoms with van der Waals surface area (Å²) >= 11 is 0. The maximum atomic E-state index is 2.55. The van der Waals surface area contributed by atoms with Crippen LogP contribution in [0.4, 0.5) is 17.1 Å². The van der Waals surface area contributed by atoms with Crippen LogP contribution in [0.2, 0.25) is 0 Å². The first kappa shape index (κ1) is 34.6. The molecule has 3 aliphatic carbocycles. The Kier molecular flexibility index (Phi) is 6.80. The molecule has 0 saturated heterocycles. The Bertz CT molecular complexity index is 3300. The molecule has 0 atom stereocenters. The van der Waals surface area contributed by atoms with Crippen LogP contribution in [0.1, 0.15) is 80.5 Å². The normalized spacial score (nSPS) is 15.8. The zero-order chi connectivity index (χ0) is 40.2. The molecule has 0 radical (unpaired) electrons. The van der Waals surface area contributed by atoms with Crippen LogP contribution in [0.15, 0.2) is 158 Å². The first-order chi connectivity index (χ1) is 28.4. The molecule has 0 fully saturated rings. The van der Waals surface area contributed by atoms with Crippen molar-refractivity contribution in [2.24, 2.45) is 0 Å². The lowest BCUT2D eigenvalue weighted by Crippen LogP contribution is -2.17. The molecule has 0 bridgehead atoms. The van der Waals surface area contributed by atoms with Gasteiger partial charge >= 0.3 is 0 Å². The maximum Gasteiger partial charge on any atom is 0.0468 e. The Balaban J connectivity index is 1.00. The minimum Gasteiger partial charge on any atom is -0.310 e. The van der Waals surface area contributed by atoms with Gasteiger partial charge in [-0.2, -0.15) is 0 Å². The third-order valence-electron chi connectivity index (χ3n) is 14.6. The van der Waals surface area contributed by atoms with Gasteiger partial charge in [-0.05, 0) is 155 Å². The number of anilines is 3. The molecule has 9 aromatic carbocycles. The number of benzene rings is 9. The highest BCUT2D eigenvalue weighted by Crippen LogP contribution is 2.58. The van der Waals surface area contributed by atoms with Gasteiger partial charge in [-0.1, -0.05) is 156 Å². The third kappa shape index (κ3) is 4.56. The largest absolute Gasteiger partial charge is 0.310 e. The van der Waals surface area contributed by atoms with E-state index in [0.717, 1.165) is 11.4 Å². The fourth-order valence-corrected chi connectivity index (χ4v) is 11.6. The van der Waals surface area contributed by atoms with E-state index in [1.807, 2.05) is 0 Å². The van der Waals surface area contributed by atoms with E-state index < -0.39 is 0 Å². The molecule has 1 heteroatoms. The van der Waals surface area contributed by atoms with E-state index in [9.17, 15) is 0 Å². The Morgan fingerprint density at radius 3 is 1.59 bits per heavy atom. The van der Waals surface area contributed by atoms with Crippen molar-refractivity contribution >= 4 is 49.4 Å². The lowest BCUT2D eigenvalue weighted by molar-refractivity contribution is 0.652. The Morgan fingerprint density at radius 1 is 0.339 bits per heavy atom. The van der Waals surface area contributed by atoms with Crippen LogP contribution in [-0.2, 0) is 16.2 Å². The zero-order valence-electron chi connectivity index (χ0n) is 35.0. The number of rotatable bonds is 3. The van der Waals surface area contributed by atoms with Gasteiger partial charge in [0.1, 0.15) is 0 Å². The lowest BCUT2D eigenvalue weighted by atomic mass is 9.78. The quantitative estimate of drug-likeness (QED) is 0.173. The summed E-state index contributed by atoms with van der Waals surface area (Å²) in [6, 6.07) is 60.2. The SMILES string of the molecule is Cc1ccc(N(c2ccc3c(c2)C(C)(C)c2cc4c(cc2-3)C(C)(C)c2ccc3ccccc3c2-4)c2ccc3c4c(ccc3c2)-c2ccc3ccccc3c2C4(C)C)cc1. The van der Waals surface area contributed by atoms with Gasteiger partial charge < -0.3 is 4.90 Å². The second-order valence-corrected chi connectivity index (χ2v) is 19.0. The van der Waals surface area contributed by atoms with Crippen molar-refractivity contribution in [1.82, 2.24) is 0 Å². The van der Waals surface area contributed by atoms with Crippen molar-refractivity contribution in [2.45, 2.75) is 64.7 Å². The van der Waals surface area contributed by atoms with E-state index in [1.165, 1.54) is 110 Å². The van der Waals surface area contributed by atoms with Crippen molar-refractivity contribution in [1.29, 1.82) is 0 Å². The highest BCUT2D eigenvalue weighted by molar-refractivity contribution is 6.06. The number of hydrogen-bond acceptors (Lipinski definition) is 1. The molecule has 59 heavy (non-hydrogen) atoms. The van der Waals surface area contributed by atoms with Crippen molar-refractivity contribution in [3.05, 3.63) is 197 Å². The smallest absolute Gasteiger partial charge is 0.0468 e. The minimum absolute atomic E-state index is 0.0825. The van der Waals surface area contributed by atoms with Crippen molar-refractivity contribution < 1.29 is 0 Å². The number of fused-ring (bicyclic) bond motifs is 15. The lowest BCUT2D eigenvalue weighted by Gasteiger charge is -2.29. The third-order valence-corrected chi connectivity index (χ3v) is 14.6. The second kappa shape index (κ2) is 11.6. The van der Waals surface area contributed by atoms with E-state index >= 15 is 0 Å². The summed E-state index contributed by atoms with van der Waals surface area (Å²) < 4.78 is 0. The maximum absolute atomic E-state index is 2.55. The van der Waals surface area contributed by atoms with E-state index in [0.29, 0.717) is 0 Å². The number of hydrogen-bond donors (Lipinski definition) is 0. The minimum atomic E-state index is -0.180. The van der Waals surface area contributed by atoms with Crippen LogP contribution in [0, 0.1) is 6.92 Å². The van der Waals surface area contributed by atoms with Gasteiger partial charge in [0.15, 0.2) is 0 Å². The summed E-state index contributed by atoms with van der Waals surface area (Å²) in [4.78, 5) is 2.46. The first-order valence-electron chi connectivity index (χ1n) is 21.3. The first-order valence-corrected chi connectivity index (χ1v) is 21.3. The average Bonchev–Trinajstić information content (AvgIpc) is 3.73. The molecule has 3 aliphatic rings. The zero-order valence-corrected chi connectivity index (χ0v) is 35.0. The van der Waals surface area contributed by atoms with Crippen LogP contribution in [0.25, 0.3) is 65.7 Å². The molecular formula is C58H47N. The predicted octanol–water partition coefficient (Wildman–Crippen LogP) is 15.8. The van der Waals surface area contributed by atoms with Gasteiger partial charge in [-0.3, -0.25) is 0 Å². The van der Waals surface area contributed by atoms with Crippen LogP contribution in [-0.4, -0.2) is 0 Å². The molecule has 0 heterocycles. The molecule has 12 rings (SSSR count). The molecule has 0 aromatic heterocycles. The van der Waals surface area contributed by atoms with Gasteiger partial charge in [0.2, 0.25) is 0 Å². The summed E-state index contributed by atoms with van der Waals surface area (Å²) in [6.07, 6.45) is 0. The molecule has 0 unspecified atom stereocenters. The Labute approximate surface area is 347 Å². The van der Waals surface area contributed by atoms with Crippen LogP contribution < -0.4 is 4.90 Å². The molecule has 0 amide bonds. The molecule has 9 aromatic rings. The van der Waals surface area contributed by atoms with Gasteiger partial charge in [0, 0.05) is 33.3 Å². The van der Waals surface area contributed by atoms with Crippen molar-refractivity contribution in [3.63, 3.8) is 0 Å². The summed E-state index contributed by atoms with van der Waals surface area (Å²) in [6.45, 7) is 16.7. The molecule has 0 N–H and O–H groups in total. The Hall–Kier alpha value is -6.44. The monoisotopic (exact) mass is 757 g/mol. The highest BCUT2D eigenvalue weighted by atomic mass is 15.1. The summed E-state index contributed by atoms with van der Waals surface area (Å²) in [5.74, 6) is 0. The van der Waals surface area contributed by atoms with E-state index in [2.05, 4.69) is 211 Å². The highest BCUT2D eigenvalue weighted by Gasteiger charge is 2.43. The van der Waals surface area contributed by atoms with Crippen molar-refractivity contribution in [2.75, 3.05) is 4.90 Å². The van der Waals surface area contributed by atoms with Gasteiger partial charge in [-0.15, -0.1) is 0 Å². The molecule has 1 nitrogen and oxygen atoms in total. The molecule has 0 aliphatic heterocycles. The van der Waals surface area contributed by atoms with Crippen molar-refractivity contribution in [3.8, 4) is 33.4 Å². The second-order valence-electron chi connectivity index (χ2n) is 19.0. The van der Waals surface area contributed by atoms with E-state index in [-0.39, 0.29) is 16.2 Å². The standard InChI is InChI=1S/C58H47N/c1-34-16-21-38(22-17-34)59(39-23-27-43-37(30-39)19-26-46-45-25-18-36-13-9-11-15-42(36)54(45)58(6,7)55(43)46)40-24-28-44-47-32-52-48(33-51(47)57(4,5)50(44)31-40)53-41-14-10-8-12-35(41)20-29-49(53)56(52,2)3/h8-33H,1-7H3. The Morgan fingerprint density at radius 2 is 0.847 bits per heavy atom. The topological polar surface area (TPSA) is 3.24 Å². The molecule has 0 saturated carbocycles. The van der Waals surface area contributed by atoms with Gasteiger partial charge in [0.05, 0.1) is 0 Å². The summed E-state index contributed by atoms with van der Waals surface area (Å²) in [7, 11) is 0. The van der Waals surface area contributed by atoms with E-state index in [4.69, 9.17) is 0 Å². The molecular weight excluding hydrogens is 711 g/mol. The van der Waals surface area contributed by atoms with E-state index in [1.54, 1.807) is 0 Å². The van der Waals surface area contributed by atoms with Crippen LogP contribution >= 0.6 is 0 Å². The van der Waals surface area contributed by atoms with Gasteiger partial charge in [0.25, 0.3) is 0 Å².